The standard InChI is InChI=1S/C13H23N5O2/c1-4-8(2)16-13(14)15-7-10-5-6-11(19-10)12-17-9(3)18-20-12/h8,10-11H,4-7H2,1-3H3,(H3,14,15,16)/t8?,10-,11+/m1/s1. The largest absolute Gasteiger partial charge is 0.370 e. The van der Waals surface area contributed by atoms with Crippen LogP contribution in [0.5, 0.6) is 0 Å². The number of ether oxygens (including phenoxy) is 1. The van der Waals surface area contributed by atoms with Crippen molar-refractivity contribution in [3.8, 4) is 0 Å². The molecule has 0 aromatic carbocycles. The van der Waals surface area contributed by atoms with Crippen molar-refractivity contribution >= 4 is 5.96 Å². The molecule has 0 spiro atoms. The van der Waals surface area contributed by atoms with E-state index in [-0.39, 0.29) is 12.2 Å². The van der Waals surface area contributed by atoms with Crippen LogP contribution in [0.3, 0.4) is 0 Å². The Morgan fingerprint density at radius 3 is 3.00 bits per heavy atom. The molecule has 2 heterocycles. The zero-order valence-corrected chi connectivity index (χ0v) is 12.3. The van der Waals surface area contributed by atoms with Crippen LogP contribution in [0.15, 0.2) is 9.52 Å². The first kappa shape index (κ1) is 14.8. The lowest BCUT2D eigenvalue weighted by Crippen LogP contribution is -2.38. The molecule has 3 N–H and O–H groups in total. The van der Waals surface area contributed by atoms with E-state index in [1.165, 1.54) is 0 Å². The Morgan fingerprint density at radius 2 is 2.35 bits per heavy atom. The highest BCUT2D eigenvalue weighted by Crippen LogP contribution is 2.31. The predicted molar refractivity (Wildman–Crippen MR) is 75.3 cm³/mol. The van der Waals surface area contributed by atoms with Crippen molar-refractivity contribution in [2.24, 2.45) is 10.7 Å². The number of rotatable bonds is 5. The second kappa shape index (κ2) is 6.69. The molecule has 1 unspecified atom stereocenters. The Balaban J connectivity index is 1.80. The molecule has 1 fully saturated rings. The summed E-state index contributed by atoms with van der Waals surface area (Å²) in [6.45, 7) is 6.52. The Labute approximate surface area is 119 Å². The highest BCUT2D eigenvalue weighted by Gasteiger charge is 2.30. The third-order valence-electron chi connectivity index (χ3n) is 3.40. The molecule has 20 heavy (non-hydrogen) atoms. The van der Waals surface area contributed by atoms with Crippen LogP contribution in [0.2, 0.25) is 0 Å². The first-order valence-electron chi connectivity index (χ1n) is 7.10. The van der Waals surface area contributed by atoms with Gasteiger partial charge in [0, 0.05) is 6.04 Å². The summed E-state index contributed by atoms with van der Waals surface area (Å²) < 4.78 is 11.0. The smallest absolute Gasteiger partial charge is 0.255 e. The Hall–Kier alpha value is -1.63. The van der Waals surface area contributed by atoms with Crippen molar-refractivity contribution in [1.82, 2.24) is 15.5 Å². The topological polar surface area (TPSA) is 98.6 Å². The van der Waals surface area contributed by atoms with Gasteiger partial charge < -0.3 is 20.3 Å². The normalized spacial score (nSPS) is 24.9. The van der Waals surface area contributed by atoms with Crippen LogP contribution in [0, 0.1) is 6.92 Å². The third-order valence-corrected chi connectivity index (χ3v) is 3.40. The molecule has 3 atom stereocenters. The highest BCUT2D eigenvalue weighted by atomic mass is 16.5. The summed E-state index contributed by atoms with van der Waals surface area (Å²) in [4.78, 5) is 8.52. The second-order valence-electron chi connectivity index (χ2n) is 5.18. The van der Waals surface area contributed by atoms with E-state index < -0.39 is 0 Å². The number of nitrogens with two attached hydrogens (primary N) is 1. The summed E-state index contributed by atoms with van der Waals surface area (Å²) in [5.41, 5.74) is 5.82. The molecule has 1 saturated heterocycles. The molecule has 0 aliphatic carbocycles. The molecule has 0 radical (unpaired) electrons. The molecule has 0 bridgehead atoms. The van der Waals surface area contributed by atoms with Crippen LogP contribution in [-0.4, -0.2) is 34.8 Å². The van der Waals surface area contributed by atoms with Gasteiger partial charge in [0.1, 0.15) is 6.10 Å². The molecular weight excluding hydrogens is 258 g/mol. The van der Waals surface area contributed by atoms with E-state index in [1.54, 1.807) is 6.92 Å². The minimum Gasteiger partial charge on any atom is -0.370 e. The van der Waals surface area contributed by atoms with Gasteiger partial charge in [0.25, 0.3) is 5.89 Å². The van der Waals surface area contributed by atoms with E-state index >= 15 is 0 Å². The Bertz CT molecular complexity index is 459. The molecule has 7 nitrogen and oxygen atoms in total. The van der Waals surface area contributed by atoms with E-state index in [4.69, 9.17) is 15.0 Å². The average molecular weight is 281 g/mol. The Morgan fingerprint density at radius 1 is 1.55 bits per heavy atom. The van der Waals surface area contributed by atoms with E-state index in [9.17, 15) is 0 Å². The van der Waals surface area contributed by atoms with Crippen LogP contribution in [0.1, 0.15) is 50.9 Å². The number of hydrogen-bond acceptors (Lipinski definition) is 5. The lowest BCUT2D eigenvalue weighted by Gasteiger charge is -2.13. The van der Waals surface area contributed by atoms with Gasteiger partial charge in [-0.2, -0.15) is 4.98 Å². The van der Waals surface area contributed by atoms with Crippen LogP contribution in [0.4, 0.5) is 0 Å². The fourth-order valence-electron chi connectivity index (χ4n) is 2.07. The molecule has 2 rings (SSSR count). The number of aromatic nitrogens is 2. The van der Waals surface area contributed by atoms with Crippen LogP contribution >= 0.6 is 0 Å². The first-order chi connectivity index (χ1) is 9.58. The van der Waals surface area contributed by atoms with Gasteiger partial charge in [-0.25, -0.2) is 0 Å². The lowest BCUT2D eigenvalue weighted by molar-refractivity contribution is 0.0309. The van der Waals surface area contributed by atoms with E-state index in [1.807, 2.05) is 0 Å². The van der Waals surface area contributed by atoms with Gasteiger partial charge in [-0.15, -0.1) is 0 Å². The average Bonchev–Trinajstić information content (AvgIpc) is 3.04. The van der Waals surface area contributed by atoms with E-state index in [0.717, 1.165) is 19.3 Å². The highest BCUT2D eigenvalue weighted by molar-refractivity contribution is 5.78. The summed E-state index contributed by atoms with van der Waals surface area (Å²) >= 11 is 0. The maximum absolute atomic E-state index is 5.86. The number of aliphatic imine (C=N–C) groups is 1. The quantitative estimate of drug-likeness (QED) is 0.623. The number of nitrogens with zero attached hydrogens (tertiary/aromatic N) is 3. The molecule has 112 valence electrons. The summed E-state index contributed by atoms with van der Waals surface area (Å²) in [5.74, 6) is 1.66. The maximum Gasteiger partial charge on any atom is 0.255 e. The van der Waals surface area contributed by atoms with Crippen molar-refractivity contribution in [3.63, 3.8) is 0 Å². The van der Waals surface area contributed by atoms with Crippen molar-refractivity contribution in [2.45, 2.75) is 58.3 Å². The molecule has 1 aromatic rings. The first-order valence-corrected chi connectivity index (χ1v) is 7.10. The summed E-state index contributed by atoms with van der Waals surface area (Å²) in [6.07, 6.45) is 2.76. The zero-order valence-electron chi connectivity index (χ0n) is 12.3. The molecule has 0 amide bonds. The molecule has 1 aliphatic heterocycles. The molecule has 1 aromatic heterocycles. The van der Waals surface area contributed by atoms with Gasteiger partial charge in [0.15, 0.2) is 11.8 Å². The molecule has 1 aliphatic rings. The number of hydrogen-bond donors (Lipinski definition) is 2. The predicted octanol–water partition coefficient (Wildman–Crippen LogP) is 1.30. The summed E-state index contributed by atoms with van der Waals surface area (Å²) in [7, 11) is 0. The van der Waals surface area contributed by atoms with Gasteiger partial charge in [-0.3, -0.25) is 4.99 Å². The zero-order chi connectivity index (χ0) is 14.5. The van der Waals surface area contributed by atoms with Crippen LogP contribution in [-0.2, 0) is 4.74 Å². The number of aryl methyl sites for hydroxylation is 1. The monoisotopic (exact) mass is 281 g/mol. The number of nitrogens with one attached hydrogen (secondary N) is 1. The third kappa shape index (κ3) is 3.93. The van der Waals surface area contributed by atoms with Crippen molar-refractivity contribution in [2.75, 3.05) is 6.54 Å². The van der Waals surface area contributed by atoms with Gasteiger partial charge in [0.05, 0.1) is 12.6 Å². The van der Waals surface area contributed by atoms with Gasteiger partial charge >= 0.3 is 0 Å². The van der Waals surface area contributed by atoms with E-state index in [2.05, 4.69) is 34.3 Å². The van der Waals surface area contributed by atoms with Crippen LogP contribution < -0.4 is 11.1 Å². The summed E-state index contributed by atoms with van der Waals surface area (Å²) in [5, 5.41) is 6.91. The molecule has 7 heteroatoms. The van der Waals surface area contributed by atoms with Crippen molar-refractivity contribution in [1.29, 1.82) is 0 Å². The second-order valence-corrected chi connectivity index (χ2v) is 5.18. The minimum atomic E-state index is -0.111. The molecule has 0 saturated carbocycles. The summed E-state index contributed by atoms with van der Waals surface area (Å²) in [6, 6.07) is 0.331. The van der Waals surface area contributed by atoms with Gasteiger partial charge in [-0.1, -0.05) is 12.1 Å². The Kier molecular flexibility index (Phi) is 4.94. The maximum atomic E-state index is 5.86. The fraction of sp³-hybridized carbons (Fsp3) is 0.769. The van der Waals surface area contributed by atoms with Gasteiger partial charge in [0.2, 0.25) is 0 Å². The number of guanidine groups is 1. The van der Waals surface area contributed by atoms with Crippen molar-refractivity contribution < 1.29 is 9.26 Å². The fourth-order valence-corrected chi connectivity index (χ4v) is 2.07. The lowest BCUT2D eigenvalue weighted by atomic mass is 10.2. The molecular formula is C13H23N5O2. The van der Waals surface area contributed by atoms with Gasteiger partial charge in [-0.05, 0) is 33.1 Å². The minimum absolute atomic E-state index is 0.0597. The SMILES string of the molecule is CCC(C)NC(N)=NC[C@H]1CC[C@@H](c2nc(C)no2)O1. The van der Waals surface area contributed by atoms with Crippen LogP contribution in [0.25, 0.3) is 0 Å². The van der Waals surface area contributed by atoms with Crippen molar-refractivity contribution in [3.05, 3.63) is 11.7 Å². The van der Waals surface area contributed by atoms with E-state index in [0.29, 0.717) is 30.3 Å².